The van der Waals surface area contributed by atoms with Gasteiger partial charge in [-0.05, 0) is 67.8 Å². The molecule has 0 spiro atoms. The number of hydrogen-bond donors (Lipinski definition) is 1. The first kappa shape index (κ1) is 18.3. The number of ketones is 1. The SMILES string of the molecule is O=C(c1ccccc1)c1cc([N+](=O)[O-])ccc1NCC12CC3CC(CC(C3)C1)C2. The van der Waals surface area contributed by atoms with Crippen LogP contribution in [0.5, 0.6) is 0 Å². The van der Waals surface area contributed by atoms with E-state index in [9.17, 15) is 14.9 Å². The summed E-state index contributed by atoms with van der Waals surface area (Å²) in [4.78, 5) is 23.9. The standard InChI is InChI=1S/C24H26N2O3/c27-23(19-4-2-1-3-5-19)21-11-20(26(28)29)6-7-22(21)25-15-24-12-16-8-17(13-24)10-18(9-16)14-24/h1-7,11,16-18,25H,8-10,12-15H2. The minimum absolute atomic E-state index is 0.0513. The van der Waals surface area contributed by atoms with E-state index in [1.165, 1.54) is 50.7 Å². The third kappa shape index (κ3) is 3.43. The average Bonchev–Trinajstić information content (AvgIpc) is 2.71. The largest absolute Gasteiger partial charge is 0.384 e. The summed E-state index contributed by atoms with van der Waals surface area (Å²) >= 11 is 0. The quantitative estimate of drug-likeness (QED) is 0.404. The van der Waals surface area contributed by atoms with E-state index in [2.05, 4.69) is 5.32 Å². The number of carbonyl (C=O) groups is 1. The van der Waals surface area contributed by atoms with E-state index in [0.29, 0.717) is 22.2 Å². The first-order valence-corrected chi connectivity index (χ1v) is 10.6. The molecule has 4 saturated carbocycles. The van der Waals surface area contributed by atoms with Gasteiger partial charge >= 0.3 is 0 Å². The van der Waals surface area contributed by atoms with Gasteiger partial charge < -0.3 is 5.32 Å². The van der Waals surface area contributed by atoms with Crippen LogP contribution in [0.2, 0.25) is 0 Å². The van der Waals surface area contributed by atoms with Gasteiger partial charge in [-0.3, -0.25) is 14.9 Å². The highest BCUT2D eigenvalue weighted by molar-refractivity contribution is 6.12. The Kier molecular flexibility index (Phi) is 4.41. The van der Waals surface area contributed by atoms with Gasteiger partial charge in [0.15, 0.2) is 5.78 Å². The molecule has 4 bridgehead atoms. The summed E-state index contributed by atoms with van der Waals surface area (Å²) in [5.41, 5.74) is 1.91. The molecule has 0 atom stereocenters. The van der Waals surface area contributed by atoms with Gasteiger partial charge in [-0.15, -0.1) is 0 Å². The molecule has 29 heavy (non-hydrogen) atoms. The Morgan fingerprint density at radius 1 is 1.00 bits per heavy atom. The minimum atomic E-state index is -0.440. The monoisotopic (exact) mass is 390 g/mol. The lowest BCUT2D eigenvalue weighted by atomic mass is 9.49. The molecule has 150 valence electrons. The molecule has 6 rings (SSSR count). The summed E-state index contributed by atoms with van der Waals surface area (Å²) < 4.78 is 0. The van der Waals surface area contributed by atoms with Crippen molar-refractivity contribution in [2.75, 3.05) is 11.9 Å². The van der Waals surface area contributed by atoms with E-state index in [4.69, 9.17) is 0 Å². The third-order valence-electron chi connectivity index (χ3n) is 7.31. The van der Waals surface area contributed by atoms with E-state index < -0.39 is 4.92 Å². The van der Waals surface area contributed by atoms with E-state index in [1.54, 1.807) is 18.2 Å². The molecule has 2 aromatic carbocycles. The van der Waals surface area contributed by atoms with Crippen molar-refractivity contribution < 1.29 is 9.72 Å². The molecule has 0 saturated heterocycles. The summed E-state index contributed by atoms with van der Waals surface area (Å²) in [7, 11) is 0. The molecule has 2 aromatic rings. The van der Waals surface area contributed by atoms with Crippen molar-refractivity contribution in [1.82, 2.24) is 0 Å². The zero-order chi connectivity index (χ0) is 20.0. The van der Waals surface area contributed by atoms with Gasteiger partial charge in [0.1, 0.15) is 0 Å². The molecule has 1 N–H and O–H groups in total. The summed E-state index contributed by atoms with van der Waals surface area (Å²) in [6.07, 6.45) is 8.03. The van der Waals surface area contributed by atoms with Crippen molar-refractivity contribution >= 4 is 17.2 Å². The van der Waals surface area contributed by atoms with Crippen LogP contribution in [0.1, 0.15) is 54.4 Å². The maximum Gasteiger partial charge on any atom is 0.270 e. The molecule has 0 amide bonds. The van der Waals surface area contributed by atoms with Crippen molar-refractivity contribution in [3.63, 3.8) is 0 Å². The Morgan fingerprint density at radius 3 is 2.21 bits per heavy atom. The van der Waals surface area contributed by atoms with Gasteiger partial charge in [0.05, 0.1) is 10.5 Å². The number of rotatable bonds is 6. The molecule has 0 unspecified atom stereocenters. The Hall–Kier alpha value is -2.69. The van der Waals surface area contributed by atoms with Crippen molar-refractivity contribution in [3.05, 3.63) is 69.8 Å². The summed E-state index contributed by atoms with van der Waals surface area (Å²) in [6.45, 7) is 0.851. The molecule has 4 fully saturated rings. The molecule has 5 heteroatoms. The van der Waals surface area contributed by atoms with Crippen LogP contribution in [-0.2, 0) is 0 Å². The van der Waals surface area contributed by atoms with Crippen LogP contribution in [0.3, 0.4) is 0 Å². The Morgan fingerprint density at radius 2 is 1.62 bits per heavy atom. The van der Waals surface area contributed by atoms with Crippen molar-refractivity contribution in [2.24, 2.45) is 23.2 Å². The predicted molar refractivity (Wildman–Crippen MR) is 112 cm³/mol. The smallest absolute Gasteiger partial charge is 0.270 e. The van der Waals surface area contributed by atoms with Crippen molar-refractivity contribution in [1.29, 1.82) is 0 Å². The van der Waals surface area contributed by atoms with Gasteiger partial charge in [0, 0.05) is 29.9 Å². The maximum absolute atomic E-state index is 13.1. The zero-order valence-corrected chi connectivity index (χ0v) is 16.5. The fourth-order valence-corrected chi connectivity index (χ4v) is 6.52. The van der Waals surface area contributed by atoms with Crippen LogP contribution in [-0.4, -0.2) is 17.3 Å². The fourth-order valence-electron chi connectivity index (χ4n) is 6.52. The number of benzene rings is 2. The Balaban J connectivity index is 1.42. The molecular formula is C24H26N2O3. The van der Waals surface area contributed by atoms with Gasteiger partial charge in [-0.25, -0.2) is 0 Å². The maximum atomic E-state index is 13.1. The van der Waals surface area contributed by atoms with E-state index in [1.807, 2.05) is 18.2 Å². The van der Waals surface area contributed by atoms with Crippen LogP contribution in [0.4, 0.5) is 11.4 Å². The number of nitrogens with one attached hydrogen (secondary N) is 1. The second kappa shape index (κ2) is 6.97. The lowest BCUT2D eigenvalue weighted by molar-refractivity contribution is -0.384. The highest BCUT2D eigenvalue weighted by Gasteiger charge is 2.50. The average molecular weight is 390 g/mol. The molecule has 0 aromatic heterocycles. The normalized spacial score (nSPS) is 29.6. The van der Waals surface area contributed by atoms with Gasteiger partial charge in [0.2, 0.25) is 0 Å². The fraction of sp³-hybridized carbons (Fsp3) is 0.458. The molecule has 4 aliphatic rings. The lowest BCUT2D eigenvalue weighted by Crippen LogP contribution is -2.49. The van der Waals surface area contributed by atoms with E-state index in [0.717, 1.165) is 24.3 Å². The number of nitrogens with zero attached hydrogens (tertiary/aromatic N) is 1. The summed E-state index contributed by atoms with van der Waals surface area (Å²) in [5.74, 6) is 2.42. The number of hydrogen-bond acceptors (Lipinski definition) is 4. The third-order valence-corrected chi connectivity index (χ3v) is 7.31. The number of nitro benzene ring substituents is 1. The topological polar surface area (TPSA) is 72.2 Å². The first-order valence-electron chi connectivity index (χ1n) is 10.6. The van der Waals surface area contributed by atoms with Crippen LogP contribution >= 0.6 is 0 Å². The van der Waals surface area contributed by atoms with Crippen LogP contribution < -0.4 is 5.32 Å². The summed E-state index contributed by atoms with van der Waals surface area (Å²) in [6, 6.07) is 13.6. The molecular weight excluding hydrogens is 364 g/mol. The second-order valence-electron chi connectivity index (χ2n) is 9.45. The molecule has 5 nitrogen and oxygen atoms in total. The first-order chi connectivity index (χ1) is 14.0. The van der Waals surface area contributed by atoms with Gasteiger partial charge in [0.25, 0.3) is 5.69 Å². The van der Waals surface area contributed by atoms with Crippen LogP contribution in [0.15, 0.2) is 48.5 Å². The highest BCUT2D eigenvalue weighted by Crippen LogP contribution is 2.60. The number of non-ortho nitro benzene ring substituents is 1. The minimum Gasteiger partial charge on any atom is -0.384 e. The Bertz CT molecular complexity index is 919. The number of carbonyl (C=O) groups excluding carboxylic acids is 1. The van der Waals surface area contributed by atoms with Crippen molar-refractivity contribution in [3.8, 4) is 0 Å². The lowest BCUT2D eigenvalue weighted by Gasteiger charge is -2.57. The number of nitro groups is 1. The van der Waals surface area contributed by atoms with E-state index in [-0.39, 0.29) is 11.5 Å². The van der Waals surface area contributed by atoms with Crippen LogP contribution in [0.25, 0.3) is 0 Å². The van der Waals surface area contributed by atoms with E-state index >= 15 is 0 Å². The molecule has 0 aliphatic heterocycles. The molecule has 0 heterocycles. The zero-order valence-electron chi connectivity index (χ0n) is 16.5. The highest BCUT2D eigenvalue weighted by atomic mass is 16.6. The number of anilines is 1. The van der Waals surface area contributed by atoms with Gasteiger partial charge in [-0.2, -0.15) is 0 Å². The molecule has 0 radical (unpaired) electrons. The van der Waals surface area contributed by atoms with Crippen LogP contribution in [0, 0.1) is 33.3 Å². The molecule has 4 aliphatic carbocycles. The summed E-state index contributed by atoms with van der Waals surface area (Å²) in [5, 5.41) is 14.8. The van der Waals surface area contributed by atoms with Gasteiger partial charge in [-0.1, -0.05) is 30.3 Å². The predicted octanol–water partition coefficient (Wildman–Crippen LogP) is 5.45. The van der Waals surface area contributed by atoms with Crippen molar-refractivity contribution in [2.45, 2.75) is 38.5 Å². The Labute approximate surface area is 170 Å². The second-order valence-corrected chi connectivity index (χ2v) is 9.45.